The van der Waals surface area contributed by atoms with Gasteiger partial charge in [0.25, 0.3) is 0 Å². The molecule has 2 aromatic rings. The average molecular weight is 352 g/mol. The maximum atomic E-state index is 12.5. The standard InChI is InChI=1S/C22H28N2O2/c1-3-4-5-6-8-15-14-24-19(9-7-10-20(24)25)22-21(15)17-13-16(26-2)11-12-18(17)23-22/h9,11-13,15,23H,3-8,10,14H2,1-2H3. The molecule has 0 spiro atoms. The minimum absolute atomic E-state index is 0.267. The van der Waals surface area contributed by atoms with Crippen LogP contribution in [0.5, 0.6) is 5.75 Å². The minimum atomic E-state index is 0.267. The molecule has 0 bridgehead atoms. The first-order valence-electron chi connectivity index (χ1n) is 9.93. The van der Waals surface area contributed by atoms with Gasteiger partial charge in [-0.2, -0.15) is 0 Å². The van der Waals surface area contributed by atoms with Crippen molar-refractivity contribution >= 4 is 22.5 Å². The maximum Gasteiger partial charge on any atom is 0.227 e. The van der Waals surface area contributed by atoms with Gasteiger partial charge in [0.15, 0.2) is 0 Å². The summed E-state index contributed by atoms with van der Waals surface area (Å²) in [5.74, 6) is 1.55. The summed E-state index contributed by atoms with van der Waals surface area (Å²) in [6.07, 6.45) is 9.85. The second-order valence-corrected chi connectivity index (χ2v) is 7.50. The number of allylic oxidation sites excluding steroid dienone is 1. The van der Waals surface area contributed by atoms with Crippen molar-refractivity contribution in [1.29, 1.82) is 0 Å². The Balaban J connectivity index is 1.78. The van der Waals surface area contributed by atoms with Gasteiger partial charge in [0.05, 0.1) is 18.5 Å². The Labute approximate surface area is 155 Å². The first-order valence-corrected chi connectivity index (χ1v) is 9.93. The van der Waals surface area contributed by atoms with E-state index in [4.69, 9.17) is 4.74 Å². The third kappa shape index (κ3) is 2.91. The van der Waals surface area contributed by atoms with Crippen LogP contribution in [0.1, 0.15) is 69.0 Å². The number of amides is 1. The first-order chi connectivity index (χ1) is 12.7. The van der Waals surface area contributed by atoms with Gasteiger partial charge in [0, 0.05) is 29.8 Å². The van der Waals surface area contributed by atoms with Crippen LogP contribution >= 0.6 is 0 Å². The zero-order valence-corrected chi connectivity index (χ0v) is 15.8. The number of aromatic nitrogens is 1. The molecule has 0 saturated heterocycles. The van der Waals surface area contributed by atoms with Crippen LogP contribution in [0.2, 0.25) is 0 Å². The normalized spacial score (nSPS) is 19.3. The van der Waals surface area contributed by atoms with Crippen LogP contribution in [0.4, 0.5) is 0 Å². The van der Waals surface area contributed by atoms with E-state index < -0.39 is 0 Å². The van der Waals surface area contributed by atoms with Gasteiger partial charge >= 0.3 is 0 Å². The predicted octanol–water partition coefficient (Wildman–Crippen LogP) is 5.21. The molecule has 0 aliphatic carbocycles. The molecular weight excluding hydrogens is 324 g/mol. The summed E-state index contributed by atoms with van der Waals surface area (Å²) in [5.41, 5.74) is 4.74. The Hall–Kier alpha value is -2.23. The third-order valence-corrected chi connectivity index (χ3v) is 5.81. The minimum Gasteiger partial charge on any atom is -0.497 e. The van der Waals surface area contributed by atoms with E-state index in [1.165, 1.54) is 36.6 Å². The zero-order valence-electron chi connectivity index (χ0n) is 15.8. The predicted molar refractivity (Wildman–Crippen MR) is 105 cm³/mol. The van der Waals surface area contributed by atoms with Gasteiger partial charge in [-0.15, -0.1) is 0 Å². The van der Waals surface area contributed by atoms with Crippen molar-refractivity contribution in [3.05, 3.63) is 35.5 Å². The Morgan fingerprint density at radius 2 is 2.15 bits per heavy atom. The van der Waals surface area contributed by atoms with Crippen LogP contribution in [0.25, 0.3) is 16.6 Å². The van der Waals surface area contributed by atoms with Crippen LogP contribution in [-0.4, -0.2) is 29.4 Å². The highest BCUT2D eigenvalue weighted by atomic mass is 16.5. The van der Waals surface area contributed by atoms with E-state index in [9.17, 15) is 4.79 Å². The molecule has 0 fully saturated rings. The number of ether oxygens (including phenoxy) is 1. The molecule has 0 radical (unpaired) electrons. The molecule has 1 unspecified atom stereocenters. The first kappa shape index (κ1) is 17.2. The van der Waals surface area contributed by atoms with Crippen LogP contribution in [0.15, 0.2) is 24.3 Å². The fraction of sp³-hybridized carbons (Fsp3) is 0.500. The van der Waals surface area contributed by atoms with E-state index in [1.54, 1.807) is 7.11 Å². The fourth-order valence-electron chi connectivity index (χ4n) is 4.46. The zero-order chi connectivity index (χ0) is 18.1. The molecule has 26 heavy (non-hydrogen) atoms. The maximum absolute atomic E-state index is 12.5. The molecule has 138 valence electrons. The number of H-pyrrole nitrogens is 1. The van der Waals surface area contributed by atoms with Crippen molar-refractivity contribution in [2.45, 2.75) is 57.8 Å². The van der Waals surface area contributed by atoms with Gasteiger partial charge in [-0.1, -0.05) is 38.7 Å². The van der Waals surface area contributed by atoms with E-state index in [-0.39, 0.29) is 5.91 Å². The summed E-state index contributed by atoms with van der Waals surface area (Å²) in [4.78, 5) is 18.1. The highest BCUT2D eigenvalue weighted by molar-refractivity contribution is 5.96. The third-order valence-electron chi connectivity index (χ3n) is 5.81. The van der Waals surface area contributed by atoms with E-state index >= 15 is 0 Å². The largest absolute Gasteiger partial charge is 0.497 e. The Morgan fingerprint density at radius 3 is 2.96 bits per heavy atom. The lowest BCUT2D eigenvalue weighted by molar-refractivity contribution is -0.128. The lowest BCUT2D eigenvalue weighted by Crippen LogP contribution is -2.38. The SMILES string of the molecule is CCCCCCC1CN2C(=O)CCC=C2c2[nH]c3ccc(OC)cc3c21. The van der Waals surface area contributed by atoms with Gasteiger partial charge in [-0.3, -0.25) is 4.79 Å². The van der Waals surface area contributed by atoms with E-state index in [1.807, 2.05) is 11.0 Å². The number of methoxy groups -OCH3 is 1. The molecule has 1 aromatic heterocycles. The molecule has 2 aliphatic rings. The monoisotopic (exact) mass is 352 g/mol. The van der Waals surface area contributed by atoms with E-state index in [0.29, 0.717) is 12.3 Å². The second-order valence-electron chi connectivity index (χ2n) is 7.50. The van der Waals surface area contributed by atoms with Crippen molar-refractivity contribution < 1.29 is 9.53 Å². The molecule has 1 atom stereocenters. The lowest BCUT2D eigenvalue weighted by Gasteiger charge is -2.37. The van der Waals surface area contributed by atoms with Crippen LogP contribution in [0.3, 0.4) is 0 Å². The second kappa shape index (κ2) is 7.18. The van der Waals surface area contributed by atoms with Gasteiger partial charge in [0.1, 0.15) is 5.75 Å². The fourth-order valence-corrected chi connectivity index (χ4v) is 4.46. The quantitative estimate of drug-likeness (QED) is 0.726. The number of nitrogens with one attached hydrogen (secondary N) is 1. The topological polar surface area (TPSA) is 45.3 Å². The molecular formula is C22H28N2O2. The van der Waals surface area contributed by atoms with Gasteiger partial charge in [-0.25, -0.2) is 0 Å². The molecule has 4 nitrogen and oxygen atoms in total. The van der Waals surface area contributed by atoms with Crippen LogP contribution < -0.4 is 4.74 Å². The molecule has 1 aromatic carbocycles. The number of unbranched alkanes of at least 4 members (excludes halogenated alkanes) is 3. The Bertz CT molecular complexity index is 849. The number of nitrogens with zero attached hydrogens (tertiary/aromatic N) is 1. The smallest absolute Gasteiger partial charge is 0.227 e. The molecule has 1 N–H and O–H groups in total. The van der Waals surface area contributed by atoms with Crippen LogP contribution in [-0.2, 0) is 4.79 Å². The van der Waals surface area contributed by atoms with Crippen molar-refractivity contribution in [3.63, 3.8) is 0 Å². The molecule has 0 saturated carbocycles. The summed E-state index contributed by atoms with van der Waals surface area (Å²) in [6, 6.07) is 6.24. The summed E-state index contributed by atoms with van der Waals surface area (Å²) >= 11 is 0. The van der Waals surface area contributed by atoms with Crippen molar-refractivity contribution in [3.8, 4) is 5.75 Å². The van der Waals surface area contributed by atoms with Crippen molar-refractivity contribution in [2.24, 2.45) is 0 Å². The molecule has 3 heterocycles. The lowest BCUT2D eigenvalue weighted by atomic mass is 9.85. The number of aromatic amines is 1. The summed E-state index contributed by atoms with van der Waals surface area (Å²) in [6.45, 7) is 3.06. The van der Waals surface area contributed by atoms with Gasteiger partial charge in [0.2, 0.25) is 5.91 Å². The summed E-state index contributed by atoms with van der Waals surface area (Å²) in [7, 11) is 1.71. The molecule has 1 amide bonds. The van der Waals surface area contributed by atoms with Crippen molar-refractivity contribution in [1.82, 2.24) is 9.88 Å². The number of benzene rings is 1. The van der Waals surface area contributed by atoms with Crippen molar-refractivity contribution in [2.75, 3.05) is 13.7 Å². The Morgan fingerprint density at radius 1 is 1.27 bits per heavy atom. The summed E-state index contributed by atoms with van der Waals surface area (Å²) in [5, 5.41) is 1.25. The number of fused-ring (bicyclic) bond motifs is 5. The molecule has 4 rings (SSSR count). The molecule has 4 heteroatoms. The van der Waals surface area contributed by atoms with Crippen LogP contribution in [0, 0.1) is 0 Å². The number of hydrogen-bond donors (Lipinski definition) is 1. The van der Waals surface area contributed by atoms with E-state index in [0.717, 1.165) is 42.0 Å². The Kier molecular flexibility index (Phi) is 4.75. The average Bonchev–Trinajstić information content (AvgIpc) is 3.05. The molecule has 2 aliphatic heterocycles. The highest BCUT2D eigenvalue weighted by Gasteiger charge is 2.35. The summed E-state index contributed by atoms with van der Waals surface area (Å²) < 4.78 is 5.46. The van der Waals surface area contributed by atoms with Gasteiger partial charge in [-0.05, 0) is 36.6 Å². The van der Waals surface area contributed by atoms with Gasteiger partial charge < -0.3 is 14.6 Å². The van der Waals surface area contributed by atoms with E-state index in [2.05, 4.69) is 30.1 Å². The number of rotatable bonds is 6. The number of carbonyl (C=O) groups excluding carboxylic acids is 1. The highest BCUT2D eigenvalue weighted by Crippen LogP contribution is 2.44. The number of carbonyl (C=O) groups is 1. The number of hydrogen-bond acceptors (Lipinski definition) is 2.